The smallest absolute Gasteiger partial charge is 0.304 e. The quantitative estimate of drug-likeness (QED) is 0.746. The summed E-state index contributed by atoms with van der Waals surface area (Å²) in [7, 11) is 1.82. The second kappa shape index (κ2) is 5.39. The number of nitrogens with zero attached hydrogens (tertiary/aromatic N) is 1. The first-order valence-corrected chi connectivity index (χ1v) is 6.14. The van der Waals surface area contributed by atoms with Crippen molar-refractivity contribution in [3.63, 3.8) is 0 Å². The predicted octanol–water partition coefficient (Wildman–Crippen LogP) is 1.20. The highest BCUT2D eigenvalue weighted by Crippen LogP contribution is 2.26. The molecule has 15 heavy (non-hydrogen) atoms. The maximum Gasteiger partial charge on any atom is 0.304 e. The van der Waals surface area contributed by atoms with E-state index in [4.69, 9.17) is 5.11 Å². The minimum Gasteiger partial charge on any atom is -0.481 e. The van der Waals surface area contributed by atoms with Crippen molar-refractivity contribution in [2.45, 2.75) is 37.5 Å². The van der Waals surface area contributed by atoms with Gasteiger partial charge in [0.15, 0.2) is 0 Å². The van der Waals surface area contributed by atoms with E-state index in [0.717, 1.165) is 12.8 Å². The first-order valence-electron chi connectivity index (χ1n) is 5.09. The normalized spacial score (nSPS) is 17.2. The van der Waals surface area contributed by atoms with Gasteiger partial charge in [0.25, 0.3) is 0 Å². The van der Waals surface area contributed by atoms with E-state index < -0.39 is 5.97 Å². The second-order valence-electron chi connectivity index (χ2n) is 3.96. The highest BCUT2D eigenvalue weighted by Gasteiger charge is 2.29. The number of amides is 1. The van der Waals surface area contributed by atoms with Crippen LogP contribution in [-0.2, 0) is 9.59 Å². The summed E-state index contributed by atoms with van der Waals surface area (Å²) in [5.74, 6) is -0.306. The van der Waals surface area contributed by atoms with E-state index >= 15 is 0 Å². The molecule has 1 N–H and O–H groups in total. The summed E-state index contributed by atoms with van der Waals surface area (Å²) >= 11 is 1.41. The van der Waals surface area contributed by atoms with Crippen LogP contribution in [0.4, 0.5) is 0 Å². The first-order chi connectivity index (χ1) is 7.00. The van der Waals surface area contributed by atoms with E-state index in [1.165, 1.54) is 11.8 Å². The molecule has 0 spiro atoms. The van der Waals surface area contributed by atoms with E-state index in [2.05, 4.69) is 0 Å². The van der Waals surface area contributed by atoms with Gasteiger partial charge < -0.3 is 10.0 Å². The molecule has 0 aromatic heterocycles. The van der Waals surface area contributed by atoms with Gasteiger partial charge in [-0.15, -0.1) is 11.8 Å². The molecule has 1 saturated carbocycles. The Kier molecular flexibility index (Phi) is 4.45. The van der Waals surface area contributed by atoms with E-state index in [1.54, 1.807) is 4.90 Å². The zero-order chi connectivity index (χ0) is 11.4. The third-order valence-electron chi connectivity index (χ3n) is 2.44. The third kappa shape index (κ3) is 4.55. The van der Waals surface area contributed by atoms with E-state index in [0.29, 0.717) is 11.8 Å². The molecule has 1 aliphatic carbocycles. The fraction of sp³-hybridized carbons (Fsp3) is 0.800. The lowest BCUT2D eigenvalue weighted by molar-refractivity contribution is -0.137. The predicted molar refractivity (Wildman–Crippen MR) is 60.0 cm³/mol. The van der Waals surface area contributed by atoms with Gasteiger partial charge in [0.05, 0.1) is 12.2 Å². The molecule has 0 radical (unpaired) electrons. The molecule has 1 aliphatic rings. The van der Waals surface area contributed by atoms with Crippen molar-refractivity contribution in [1.82, 2.24) is 4.90 Å². The minimum atomic E-state index is -0.807. The van der Waals surface area contributed by atoms with Crippen LogP contribution in [0.25, 0.3) is 0 Å². The number of carbonyl (C=O) groups excluding carboxylic acids is 1. The number of carbonyl (C=O) groups is 2. The van der Waals surface area contributed by atoms with Crippen molar-refractivity contribution in [2.24, 2.45) is 0 Å². The summed E-state index contributed by atoms with van der Waals surface area (Å²) in [6.07, 6.45) is 2.33. The summed E-state index contributed by atoms with van der Waals surface area (Å²) in [5, 5.41) is 8.55. The van der Waals surface area contributed by atoms with Gasteiger partial charge in [0.1, 0.15) is 0 Å². The lowest BCUT2D eigenvalue weighted by Gasteiger charge is -2.17. The van der Waals surface area contributed by atoms with Crippen LogP contribution in [0.3, 0.4) is 0 Å². The Morgan fingerprint density at radius 3 is 2.60 bits per heavy atom. The van der Waals surface area contributed by atoms with Gasteiger partial charge in [-0.2, -0.15) is 0 Å². The van der Waals surface area contributed by atoms with Crippen LogP contribution in [-0.4, -0.2) is 46.0 Å². The molecule has 0 aliphatic heterocycles. The Morgan fingerprint density at radius 1 is 1.53 bits per heavy atom. The molecule has 1 rings (SSSR count). The van der Waals surface area contributed by atoms with Gasteiger partial charge in [-0.3, -0.25) is 9.59 Å². The average molecular weight is 231 g/mol. The number of hydrogen-bond acceptors (Lipinski definition) is 3. The largest absolute Gasteiger partial charge is 0.481 e. The van der Waals surface area contributed by atoms with E-state index in [1.807, 2.05) is 14.0 Å². The Morgan fingerprint density at radius 2 is 2.13 bits per heavy atom. The molecular weight excluding hydrogens is 214 g/mol. The van der Waals surface area contributed by atoms with Crippen LogP contribution in [0.1, 0.15) is 26.2 Å². The van der Waals surface area contributed by atoms with Gasteiger partial charge in [-0.1, -0.05) is 6.92 Å². The molecule has 1 atom stereocenters. The maximum atomic E-state index is 11.6. The van der Waals surface area contributed by atoms with Crippen LogP contribution < -0.4 is 0 Å². The Bertz CT molecular complexity index is 253. The Hall–Kier alpha value is -0.710. The minimum absolute atomic E-state index is 0.000877. The lowest BCUT2D eigenvalue weighted by Crippen LogP contribution is -2.30. The van der Waals surface area contributed by atoms with Crippen molar-refractivity contribution in [2.75, 3.05) is 12.8 Å². The van der Waals surface area contributed by atoms with Gasteiger partial charge in [-0.25, -0.2) is 0 Å². The number of hydrogen-bond donors (Lipinski definition) is 1. The standard InChI is InChI=1S/C10H17NO3S/c1-7(5-10(13)14)15-6-9(12)11(2)8-3-4-8/h7-8H,3-6H2,1-2H3,(H,13,14). The summed E-state index contributed by atoms with van der Waals surface area (Å²) in [6, 6.07) is 0.438. The fourth-order valence-corrected chi connectivity index (χ4v) is 2.18. The molecular formula is C10H17NO3S. The van der Waals surface area contributed by atoms with Crippen LogP contribution in [0.15, 0.2) is 0 Å². The summed E-state index contributed by atoms with van der Waals surface area (Å²) in [6.45, 7) is 1.84. The third-order valence-corrected chi connectivity index (χ3v) is 3.59. The topological polar surface area (TPSA) is 57.6 Å². The van der Waals surface area contributed by atoms with Crippen molar-refractivity contribution in [3.05, 3.63) is 0 Å². The highest BCUT2D eigenvalue weighted by atomic mass is 32.2. The molecule has 1 amide bonds. The second-order valence-corrected chi connectivity index (χ2v) is 5.38. The summed E-state index contributed by atoms with van der Waals surface area (Å²) in [5.41, 5.74) is 0. The zero-order valence-corrected chi connectivity index (χ0v) is 9.92. The van der Waals surface area contributed by atoms with Crippen molar-refractivity contribution in [1.29, 1.82) is 0 Å². The number of aliphatic carboxylic acids is 1. The molecule has 5 heteroatoms. The lowest BCUT2D eigenvalue weighted by atomic mass is 10.3. The van der Waals surface area contributed by atoms with E-state index in [-0.39, 0.29) is 17.6 Å². The molecule has 0 heterocycles. The SMILES string of the molecule is CC(CC(=O)O)SCC(=O)N(C)C1CC1. The van der Waals surface area contributed by atoms with Crippen LogP contribution in [0, 0.1) is 0 Å². The molecule has 86 valence electrons. The van der Waals surface area contributed by atoms with Crippen molar-refractivity contribution < 1.29 is 14.7 Å². The fourth-order valence-electron chi connectivity index (χ4n) is 1.29. The molecule has 0 bridgehead atoms. The first kappa shape index (κ1) is 12.4. The highest BCUT2D eigenvalue weighted by molar-refractivity contribution is 8.00. The number of carboxylic acids is 1. The Labute approximate surface area is 94.0 Å². The molecule has 4 nitrogen and oxygen atoms in total. The van der Waals surface area contributed by atoms with Gasteiger partial charge in [0, 0.05) is 18.3 Å². The molecule has 1 fully saturated rings. The van der Waals surface area contributed by atoms with Gasteiger partial charge in [-0.05, 0) is 12.8 Å². The van der Waals surface area contributed by atoms with Gasteiger partial charge in [0.2, 0.25) is 5.91 Å². The maximum absolute atomic E-state index is 11.6. The number of carboxylic acid groups (broad SMARTS) is 1. The van der Waals surface area contributed by atoms with Crippen molar-refractivity contribution in [3.8, 4) is 0 Å². The Balaban J connectivity index is 2.17. The molecule has 0 saturated heterocycles. The zero-order valence-electron chi connectivity index (χ0n) is 9.10. The summed E-state index contributed by atoms with van der Waals surface area (Å²) in [4.78, 5) is 23.7. The van der Waals surface area contributed by atoms with Crippen LogP contribution in [0.2, 0.25) is 0 Å². The molecule has 0 aromatic carbocycles. The monoisotopic (exact) mass is 231 g/mol. The average Bonchev–Trinajstić information content (AvgIpc) is 2.95. The summed E-state index contributed by atoms with van der Waals surface area (Å²) < 4.78 is 0. The molecule has 1 unspecified atom stereocenters. The van der Waals surface area contributed by atoms with Crippen LogP contribution in [0.5, 0.6) is 0 Å². The van der Waals surface area contributed by atoms with E-state index in [9.17, 15) is 9.59 Å². The number of thioether (sulfide) groups is 1. The van der Waals surface area contributed by atoms with Gasteiger partial charge >= 0.3 is 5.97 Å². The number of rotatable bonds is 6. The van der Waals surface area contributed by atoms with Crippen LogP contribution >= 0.6 is 11.8 Å². The van der Waals surface area contributed by atoms with Crippen molar-refractivity contribution >= 4 is 23.6 Å². The molecule has 0 aromatic rings.